The van der Waals surface area contributed by atoms with E-state index in [-0.39, 0.29) is 0 Å². The summed E-state index contributed by atoms with van der Waals surface area (Å²) in [5, 5.41) is 2.01. The summed E-state index contributed by atoms with van der Waals surface area (Å²) < 4.78 is 0. The summed E-state index contributed by atoms with van der Waals surface area (Å²) in [6, 6.07) is 0.602. The minimum Gasteiger partial charge on any atom is -0.269 e. The highest BCUT2D eigenvalue weighted by Crippen LogP contribution is 2.09. The second-order valence-corrected chi connectivity index (χ2v) is 3.44. The average molecular weight is 172 g/mol. The third kappa shape index (κ3) is 4.73. The van der Waals surface area contributed by atoms with Crippen LogP contribution in [-0.4, -0.2) is 17.6 Å². The van der Waals surface area contributed by atoms with E-state index in [0.29, 0.717) is 6.04 Å². The predicted octanol–water partition coefficient (Wildman–Crippen LogP) is 2.54. The quantitative estimate of drug-likeness (QED) is 0.472. The van der Waals surface area contributed by atoms with Crippen LogP contribution in [0.15, 0.2) is 0 Å². The predicted molar refractivity (Wildman–Crippen MR) is 54.8 cm³/mol. The van der Waals surface area contributed by atoms with Crippen molar-refractivity contribution in [1.82, 2.24) is 5.01 Å². The number of hydrogen-bond donors (Lipinski definition) is 1. The number of nitrogens with two attached hydrogens (primary N) is 1. The average Bonchev–Trinajstić information content (AvgIpc) is 2.06. The van der Waals surface area contributed by atoms with Gasteiger partial charge in [0.05, 0.1) is 0 Å². The molecule has 2 nitrogen and oxygen atoms in total. The smallest absolute Gasteiger partial charge is 0.0238 e. The van der Waals surface area contributed by atoms with Crippen LogP contribution in [0.1, 0.15) is 52.9 Å². The first-order valence-corrected chi connectivity index (χ1v) is 5.27. The van der Waals surface area contributed by atoms with Gasteiger partial charge in [0.2, 0.25) is 0 Å². The van der Waals surface area contributed by atoms with Crippen LogP contribution in [0.5, 0.6) is 0 Å². The molecule has 0 rings (SSSR count). The van der Waals surface area contributed by atoms with E-state index in [0.717, 1.165) is 13.0 Å². The maximum absolute atomic E-state index is 5.91. The minimum atomic E-state index is 0.602. The summed E-state index contributed by atoms with van der Waals surface area (Å²) in [5.74, 6) is 5.91. The highest BCUT2D eigenvalue weighted by molar-refractivity contribution is 4.64. The molecule has 74 valence electrons. The lowest BCUT2D eigenvalue weighted by Gasteiger charge is -2.25. The summed E-state index contributed by atoms with van der Waals surface area (Å²) in [5.41, 5.74) is 0. The van der Waals surface area contributed by atoms with E-state index in [1.165, 1.54) is 25.7 Å². The van der Waals surface area contributed by atoms with E-state index in [1.807, 2.05) is 5.01 Å². The molecule has 12 heavy (non-hydrogen) atoms. The molecule has 0 aliphatic heterocycles. The number of rotatable bonds is 7. The van der Waals surface area contributed by atoms with Gasteiger partial charge in [0.15, 0.2) is 0 Å². The van der Waals surface area contributed by atoms with Crippen LogP contribution in [0.4, 0.5) is 0 Å². The first-order valence-electron chi connectivity index (χ1n) is 5.27. The molecule has 0 aromatic rings. The zero-order valence-corrected chi connectivity index (χ0v) is 8.84. The molecule has 0 aliphatic rings. The molecule has 0 heterocycles. The van der Waals surface area contributed by atoms with E-state index >= 15 is 0 Å². The zero-order chi connectivity index (χ0) is 9.40. The van der Waals surface area contributed by atoms with Gasteiger partial charge in [-0.2, -0.15) is 0 Å². The van der Waals surface area contributed by atoms with Gasteiger partial charge in [-0.15, -0.1) is 0 Å². The summed E-state index contributed by atoms with van der Waals surface area (Å²) in [6.45, 7) is 7.65. The molecule has 2 N–H and O–H groups in total. The van der Waals surface area contributed by atoms with Gasteiger partial charge in [-0.3, -0.25) is 5.84 Å². The fourth-order valence-electron chi connectivity index (χ4n) is 1.48. The van der Waals surface area contributed by atoms with Crippen LogP contribution in [0.3, 0.4) is 0 Å². The fourth-order valence-corrected chi connectivity index (χ4v) is 1.48. The molecule has 2 heteroatoms. The number of hydrogen-bond acceptors (Lipinski definition) is 2. The SMILES string of the molecule is CCCCC(CC)N(N)CCC. The van der Waals surface area contributed by atoms with E-state index in [9.17, 15) is 0 Å². The monoisotopic (exact) mass is 172 g/mol. The highest BCUT2D eigenvalue weighted by Gasteiger charge is 2.10. The second-order valence-electron chi connectivity index (χ2n) is 3.44. The van der Waals surface area contributed by atoms with Gasteiger partial charge >= 0.3 is 0 Å². The molecule has 1 atom stereocenters. The summed E-state index contributed by atoms with van der Waals surface area (Å²) in [6.07, 6.45) is 6.16. The summed E-state index contributed by atoms with van der Waals surface area (Å²) >= 11 is 0. The minimum absolute atomic E-state index is 0.602. The van der Waals surface area contributed by atoms with Crippen molar-refractivity contribution in [3.63, 3.8) is 0 Å². The summed E-state index contributed by atoms with van der Waals surface area (Å²) in [7, 11) is 0. The Morgan fingerprint density at radius 3 is 2.25 bits per heavy atom. The number of nitrogens with zero attached hydrogens (tertiary/aromatic N) is 1. The van der Waals surface area contributed by atoms with Crippen LogP contribution < -0.4 is 5.84 Å². The molecule has 0 aliphatic carbocycles. The lowest BCUT2D eigenvalue weighted by atomic mass is 10.1. The molecule has 1 unspecified atom stereocenters. The topological polar surface area (TPSA) is 29.3 Å². The molecule has 0 saturated carbocycles. The Morgan fingerprint density at radius 2 is 1.83 bits per heavy atom. The van der Waals surface area contributed by atoms with Gasteiger partial charge in [-0.05, 0) is 19.3 Å². The number of hydrazine groups is 1. The Kier molecular flexibility index (Phi) is 7.51. The van der Waals surface area contributed by atoms with Crippen LogP contribution in [0, 0.1) is 0 Å². The van der Waals surface area contributed by atoms with Gasteiger partial charge in [0, 0.05) is 12.6 Å². The zero-order valence-electron chi connectivity index (χ0n) is 8.84. The van der Waals surface area contributed by atoms with Crippen molar-refractivity contribution in [2.45, 2.75) is 58.9 Å². The Hall–Kier alpha value is -0.0800. The van der Waals surface area contributed by atoms with Crippen molar-refractivity contribution < 1.29 is 0 Å². The first-order chi connectivity index (χ1) is 5.76. The van der Waals surface area contributed by atoms with E-state index in [2.05, 4.69) is 20.8 Å². The molecular formula is C10H24N2. The van der Waals surface area contributed by atoms with Crippen molar-refractivity contribution >= 4 is 0 Å². The van der Waals surface area contributed by atoms with Crippen molar-refractivity contribution in [3.8, 4) is 0 Å². The fraction of sp³-hybridized carbons (Fsp3) is 1.00. The molecule has 0 radical (unpaired) electrons. The van der Waals surface area contributed by atoms with Crippen molar-refractivity contribution in [2.24, 2.45) is 5.84 Å². The Bertz CT molecular complexity index is 93.8. The summed E-state index contributed by atoms with van der Waals surface area (Å²) in [4.78, 5) is 0. The third-order valence-corrected chi connectivity index (χ3v) is 2.31. The largest absolute Gasteiger partial charge is 0.269 e. The molecule has 0 aromatic carbocycles. The van der Waals surface area contributed by atoms with Gasteiger partial charge in [-0.1, -0.05) is 33.6 Å². The van der Waals surface area contributed by atoms with E-state index in [4.69, 9.17) is 5.84 Å². The van der Waals surface area contributed by atoms with Crippen molar-refractivity contribution in [3.05, 3.63) is 0 Å². The molecule has 0 fully saturated rings. The molecule has 0 saturated heterocycles. The van der Waals surface area contributed by atoms with Gasteiger partial charge in [0.1, 0.15) is 0 Å². The Morgan fingerprint density at radius 1 is 1.17 bits per heavy atom. The second kappa shape index (κ2) is 7.56. The van der Waals surface area contributed by atoms with Crippen LogP contribution >= 0.6 is 0 Å². The Labute approximate surface area is 77.1 Å². The Balaban J connectivity index is 3.62. The van der Waals surface area contributed by atoms with E-state index in [1.54, 1.807) is 0 Å². The van der Waals surface area contributed by atoms with E-state index < -0.39 is 0 Å². The van der Waals surface area contributed by atoms with Crippen molar-refractivity contribution in [1.29, 1.82) is 0 Å². The van der Waals surface area contributed by atoms with Crippen LogP contribution in [0.25, 0.3) is 0 Å². The third-order valence-electron chi connectivity index (χ3n) is 2.31. The maximum atomic E-state index is 5.91. The molecular weight excluding hydrogens is 148 g/mol. The number of unbranched alkanes of at least 4 members (excludes halogenated alkanes) is 1. The molecule has 0 bridgehead atoms. The lowest BCUT2D eigenvalue weighted by molar-refractivity contribution is 0.182. The van der Waals surface area contributed by atoms with Gasteiger partial charge in [-0.25, -0.2) is 5.01 Å². The standard InChI is InChI=1S/C10H24N2/c1-4-7-8-10(6-3)12(11)9-5-2/h10H,4-9,11H2,1-3H3. The highest BCUT2D eigenvalue weighted by atomic mass is 15.4. The normalized spacial score (nSPS) is 13.8. The lowest BCUT2D eigenvalue weighted by Crippen LogP contribution is -2.41. The molecule has 0 spiro atoms. The molecule has 0 aromatic heterocycles. The van der Waals surface area contributed by atoms with Crippen LogP contribution in [-0.2, 0) is 0 Å². The first kappa shape index (κ1) is 11.9. The van der Waals surface area contributed by atoms with Crippen LogP contribution in [0.2, 0.25) is 0 Å². The maximum Gasteiger partial charge on any atom is 0.0238 e. The van der Waals surface area contributed by atoms with Gasteiger partial charge in [0.25, 0.3) is 0 Å². The van der Waals surface area contributed by atoms with Gasteiger partial charge < -0.3 is 0 Å². The van der Waals surface area contributed by atoms with Crippen molar-refractivity contribution in [2.75, 3.05) is 6.54 Å². The molecule has 0 amide bonds.